The van der Waals surface area contributed by atoms with Gasteiger partial charge in [-0.3, -0.25) is 9.59 Å². The van der Waals surface area contributed by atoms with E-state index in [9.17, 15) is 27.6 Å². The highest BCUT2D eigenvalue weighted by molar-refractivity contribution is 6.03. The molecular weight excluding hydrogens is 881 g/mol. The molecule has 2 aromatic carbocycles. The summed E-state index contributed by atoms with van der Waals surface area (Å²) in [5.41, 5.74) is 3.01. The van der Waals surface area contributed by atoms with Crippen molar-refractivity contribution in [1.29, 1.82) is 0 Å². The molecule has 2 aromatic heterocycles. The fourth-order valence-corrected chi connectivity index (χ4v) is 8.59. The third kappa shape index (κ3) is 11.8. The summed E-state index contributed by atoms with van der Waals surface area (Å²) >= 11 is 0. The summed E-state index contributed by atoms with van der Waals surface area (Å²) in [6, 6.07) is 13.1. The Hall–Kier alpha value is -6.67. The summed E-state index contributed by atoms with van der Waals surface area (Å²) < 4.78 is 84.6. The molecule has 16 nitrogen and oxygen atoms in total. The number of anilines is 2. The Morgan fingerprint density at radius 3 is 1.52 bits per heavy atom. The topological polar surface area (TPSA) is 210 Å². The Balaban J connectivity index is 0.000000203. The summed E-state index contributed by atoms with van der Waals surface area (Å²) in [6.45, 7) is 10.7. The number of nitrogens with one attached hydrogen (secondary N) is 3. The van der Waals surface area contributed by atoms with Gasteiger partial charge in [0.2, 0.25) is 0 Å². The Kier molecular flexibility index (Phi) is 13.9. The monoisotopic (exact) mass is 932 g/mol. The minimum atomic E-state index is -1.15. The Morgan fingerprint density at radius 2 is 1.09 bits per heavy atom. The number of rotatable bonds is 6. The number of amides is 3. The van der Waals surface area contributed by atoms with Crippen LogP contribution in [-0.2, 0) is 34.8 Å². The lowest BCUT2D eigenvalue weighted by Gasteiger charge is -2.46. The van der Waals surface area contributed by atoms with Crippen LogP contribution in [0.5, 0.6) is 0 Å². The second kappa shape index (κ2) is 19.3. The van der Waals surface area contributed by atoms with Crippen LogP contribution in [0.2, 0.25) is 0 Å². The molecule has 0 aliphatic carbocycles. The van der Waals surface area contributed by atoms with Crippen LogP contribution >= 0.6 is 0 Å². The SMILES string of the molecule is CC(C)(C)OC(=O)NC1=NC(C)(c2cc(NC(=O)c3ccc(F)cn3)ccc2F)CC2(CCOCC2)O1.CC1(c2cc(NC(=O)c3ccc(F)cn3)ccc2F)CC2(CCOCC2)OC(N)=N1. The zero-order chi connectivity index (χ0) is 48.2. The summed E-state index contributed by atoms with van der Waals surface area (Å²) in [6.07, 6.45) is 4.20. The molecule has 0 bridgehead atoms. The number of benzene rings is 2. The lowest BCUT2D eigenvalue weighted by atomic mass is 9.76. The number of alkyl carbamates (subject to hydrolysis) is 1. The van der Waals surface area contributed by atoms with Gasteiger partial charge in [-0.15, -0.1) is 0 Å². The Labute approximate surface area is 384 Å². The van der Waals surface area contributed by atoms with Gasteiger partial charge in [0.1, 0.15) is 51.5 Å². The maximum absolute atomic E-state index is 15.3. The van der Waals surface area contributed by atoms with E-state index in [2.05, 4.69) is 35.9 Å². The number of aliphatic imine (C=N–C) groups is 2. The molecule has 8 rings (SSSR count). The first-order valence-electron chi connectivity index (χ1n) is 21.6. The molecule has 4 aliphatic rings. The number of aromatic nitrogens is 2. The fourth-order valence-electron chi connectivity index (χ4n) is 8.59. The molecule has 0 saturated carbocycles. The van der Waals surface area contributed by atoms with Crippen molar-refractivity contribution >= 4 is 41.3 Å². The van der Waals surface area contributed by atoms with E-state index in [0.29, 0.717) is 81.9 Å². The van der Waals surface area contributed by atoms with E-state index >= 15 is 4.39 Å². The van der Waals surface area contributed by atoms with Crippen LogP contribution in [-0.4, -0.2) is 83.1 Å². The van der Waals surface area contributed by atoms with Gasteiger partial charge in [-0.1, -0.05) is 0 Å². The van der Waals surface area contributed by atoms with E-state index in [4.69, 9.17) is 29.4 Å². The Morgan fingerprint density at radius 1 is 0.642 bits per heavy atom. The second-order valence-corrected chi connectivity index (χ2v) is 18.2. The van der Waals surface area contributed by atoms with Crippen molar-refractivity contribution in [2.75, 3.05) is 37.1 Å². The maximum Gasteiger partial charge on any atom is 0.415 e. The van der Waals surface area contributed by atoms with E-state index in [0.717, 1.165) is 24.5 Å². The van der Waals surface area contributed by atoms with Gasteiger partial charge in [0.05, 0.1) is 49.9 Å². The van der Waals surface area contributed by atoms with E-state index in [1.54, 1.807) is 34.6 Å². The number of carbonyl (C=O) groups is 3. The van der Waals surface area contributed by atoms with Crippen molar-refractivity contribution in [3.05, 3.63) is 119 Å². The summed E-state index contributed by atoms with van der Waals surface area (Å²) in [7, 11) is 0. The highest BCUT2D eigenvalue weighted by atomic mass is 19.1. The third-order valence-electron chi connectivity index (χ3n) is 11.6. The second-order valence-electron chi connectivity index (χ2n) is 18.2. The van der Waals surface area contributed by atoms with Crippen molar-refractivity contribution in [2.45, 2.75) is 101 Å². The summed E-state index contributed by atoms with van der Waals surface area (Å²) in [4.78, 5) is 54.0. The molecule has 2 fully saturated rings. The van der Waals surface area contributed by atoms with Gasteiger partial charge < -0.3 is 40.1 Å². The van der Waals surface area contributed by atoms with Crippen LogP contribution in [0.15, 0.2) is 83.0 Å². The van der Waals surface area contributed by atoms with E-state index in [-0.39, 0.29) is 29.0 Å². The number of hydrogen-bond donors (Lipinski definition) is 4. The van der Waals surface area contributed by atoms with Crippen LogP contribution in [0.25, 0.3) is 0 Å². The van der Waals surface area contributed by atoms with E-state index in [1.165, 1.54) is 48.5 Å². The molecule has 0 radical (unpaired) electrons. The van der Waals surface area contributed by atoms with Crippen molar-refractivity contribution in [3.63, 3.8) is 0 Å². The highest BCUT2D eigenvalue weighted by Gasteiger charge is 2.49. The lowest BCUT2D eigenvalue weighted by Crippen LogP contribution is -2.53. The number of nitrogens with zero attached hydrogens (tertiary/aromatic N) is 4. The third-order valence-corrected chi connectivity index (χ3v) is 11.6. The average molecular weight is 933 g/mol. The van der Waals surface area contributed by atoms with Gasteiger partial charge in [0.15, 0.2) is 0 Å². The number of halogens is 4. The summed E-state index contributed by atoms with van der Waals surface area (Å²) in [5, 5.41) is 7.88. The molecule has 2 atom stereocenters. The summed E-state index contributed by atoms with van der Waals surface area (Å²) in [5.74, 6) is -3.22. The molecule has 4 aromatic rings. The first-order chi connectivity index (χ1) is 31.6. The zero-order valence-electron chi connectivity index (χ0n) is 37.6. The minimum absolute atomic E-state index is 0.00702. The van der Waals surface area contributed by atoms with Crippen molar-refractivity contribution in [2.24, 2.45) is 15.7 Å². The Bertz CT molecular complexity index is 2550. The molecular formula is C47H52F4N8O8. The quantitative estimate of drug-likeness (QED) is 0.137. The molecule has 6 heterocycles. The molecule has 5 N–H and O–H groups in total. The van der Waals surface area contributed by atoms with Crippen LogP contribution < -0.4 is 21.7 Å². The molecule has 20 heteroatoms. The van der Waals surface area contributed by atoms with Gasteiger partial charge in [-0.2, -0.15) is 0 Å². The van der Waals surface area contributed by atoms with Crippen molar-refractivity contribution in [3.8, 4) is 0 Å². The molecule has 2 saturated heterocycles. The first-order valence-corrected chi connectivity index (χ1v) is 21.6. The van der Waals surface area contributed by atoms with Crippen molar-refractivity contribution in [1.82, 2.24) is 15.3 Å². The maximum atomic E-state index is 15.3. The van der Waals surface area contributed by atoms with Gasteiger partial charge in [0.25, 0.3) is 23.9 Å². The number of nitrogens with two attached hydrogens (primary N) is 1. The number of pyridine rings is 2. The van der Waals surface area contributed by atoms with Crippen LogP contribution in [0, 0.1) is 23.3 Å². The molecule has 2 spiro atoms. The normalized spacial score (nSPS) is 21.8. The van der Waals surface area contributed by atoms with Crippen LogP contribution in [0.3, 0.4) is 0 Å². The smallest absolute Gasteiger partial charge is 0.415 e. The van der Waals surface area contributed by atoms with Crippen LogP contribution in [0.4, 0.5) is 33.7 Å². The highest BCUT2D eigenvalue weighted by Crippen LogP contribution is 2.46. The molecule has 2 unspecified atom stereocenters. The number of hydrogen-bond acceptors (Lipinski definition) is 13. The molecule has 67 heavy (non-hydrogen) atoms. The lowest BCUT2D eigenvalue weighted by molar-refractivity contribution is -0.0815. The average Bonchev–Trinajstić information content (AvgIpc) is 3.24. The minimum Gasteiger partial charge on any atom is -0.459 e. The van der Waals surface area contributed by atoms with Crippen LogP contribution in [0.1, 0.15) is 105 Å². The largest absolute Gasteiger partial charge is 0.459 e. The zero-order valence-corrected chi connectivity index (χ0v) is 37.6. The first kappa shape index (κ1) is 48.3. The standard InChI is InChI=1S/C26H30F2N4O5.C21H22F2N4O3/c1-24(2,3)37-23(34)31-22-32-25(4,15-26(36-22)9-11-35-12-10-26)18-13-17(6-7-19(18)28)30-21(33)20-8-5-16(27)14-29-20;1-20(12-21(30-19(24)27-20)6-8-29-9-7-21)15-10-14(3-4-16(15)23)26-18(28)17-5-2-13(22)11-25-17/h5-8,13-14H,9-12,15H2,1-4H3,(H,30,33)(H,31,32,34);2-5,10-11H,6-9,12H2,1H3,(H2,24,27)(H,26,28). The number of carbonyl (C=O) groups excluding carboxylic acids is 3. The predicted molar refractivity (Wildman–Crippen MR) is 237 cm³/mol. The number of amidine groups is 2. The van der Waals surface area contributed by atoms with Crippen molar-refractivity contribution < 1.29 is 55.6 Å². The molecule has 356 valence electrons. The molecule has 4 aliphatic heterocycles. The molecule has 3 amide bonds. The van der Waals surface area contributed by atoms with Gasteiger partial charge >= 0.3 is 6.09 Å². The fraction of sp³-hybridized carbons (Fsp3) is 0.426. The number of ether oxygens (including phenoxy) is 5. The predicted octanol–water partition coefficient (Wildman–Crippen LogP) is 7.79. The van der Waals surface area contributed by atoms with E-state index < -0.39 is 69.1 Å². The van der Waals surface area contributed by atoms with E-state index in [1.807, 2.05) is 0 Å². The van der Waals surface area contributed by atoms with Gasteiger partial charge in [-0.25, -0.2) is 47.6 Å². The van der Waals surface area contributed by atoms with Gasteiger partial charge in [-0.05, 0) is 95.3 Å². The van der Waals surface area contributed by atoms with Gasteiger partial charge in [0, 0.05) is 61.0 Å².